The van der Waals surface area contributed by atoms with Gasteiger partial charge in [-0.05, 0) is 42.5 Å². The van der Waals surface area contributed by atoms with Crippen LogP contribution in [0.15, 0.2) is 53.0 Å². The highest BCUT2D eigenvalue weighted by atomic mass is 79.9. The minimum Gasteiger partial charge on any atom is -0.425 e. The lowest BCUT2D eigenvalue weighted by molar-refractivity contribution is -0.133. The summed E-state index contributed by atoms with van der Waals surface area (Å²) in [5.74, 6) is -0.819. The summed E-state index contributed by atoms with van der Waals surface area (Å²) >= 11 is 3.28. The van der Waals surface area contributed by atoms with Gasteiger partial charge in [0.25, 0.3) is 5.91 Å². The number of benzene rings is 2. The lowest BCUT2D eigenvalue weighted by Gasteiger charge is -2.07. The van der Waals surface area contributed by atoms with Crippen molar-refractivity contribution in [3.05, 3.63) is 58.6 Å². The van der Waals surface area contributed by atoms with Crippen LogP contribution in [0, 0.1) is 0 Å². The Labute approximate surface area is 147 Å². The molecule has 0 bridgehead atoms. The van der Waals surface area contributed by atoms with Crippen molar-refractivity contribution in [3.63, 3.8) is 0 Å². The average Bonchev–Trinajstić information content (AvgIpc) is 2.54. The maximum absolute atomic E-state index is 11.9. The van der Waals surface area contributed by atoms with Gasteiger partial charge in [0.2, 0.25) is 5.91 Å². The maximum Gasteiger partial charge on any atom is 0.330 e. The van der Waals surface area contributed by atoms with Gasteiger partial charge < -0.3 is 15.4 Å². The van der Waals surface area contributed by atoms with Crippen LogP contribution in [0.5, 0.6) is 5.75 Å². The van der Waals surface area contributed by atoms with Crippen LogP contribution in [0.25, 0.3) is 0 Å². The monoisotopic (exact) mass is 390 g/mol. The van der Waals surface area contributed by atoms with E-state index in [1.165, 1.54) is 6.92 Å². The number of esters is 1. The Morgan fingerprint density at radius 3 is 2.42 bits per heavy atom. The molecule has 0 radical (unpaired) electrons. The molecule has 0 aliphatic rings. The summed E-state index contributed by atoms with van der Waals surface area (Å²) < 4.78 is 5.88. The molecule has 0 heterocycles. The van der Waals surface area contributed by atoms with Crippen LogP contribution in [0.4, 0.5) is 5.69 Å². The van der Waals surface area contributed by atoms with Crippen LogP contribution in [0.3, 0.4) is 0 Å². The number of anilines is 1. The fourth-order valence-corrected chi connectivity index (χ4v) is 2.26. The van der Waals surface area contributed by atoms with Crippen LogP contribution in [0.1, 0.15) is 17.3 Å². The van der Waals surface area contributed by atoms with Crippen molar-refractivity contribution in [1.82, 2.24) is 5.32 Å². The number of ether oxygens (including phenoxy) is 1. The van der Waals surface area contributed by atoms with Crippen LogP contribution < -0.4 is 15.4 Å². The first-order valence-corrected chi connectivity index (χ1v) is 7.85. The topological polar surface area (TPSA) is 84.5 Å². The second kappa shape index (κ2) is 8.26. The molecular formula is C17H15BrN2O4. The van der Waals surface area contributed by atoms with Gasteiger partial charge in [0.1, 0.15) is 12.3 Å². The molecule has 0 saturated heterocycles. The molecule has 2 aromatic rings. The van der Waals surface area contributed by atoms with Crippen molar-refractivity contribution in [2.45, 2.75) is 6.92 Å². The van der Waals surface area contributed by atoms with Crippen molar-refractivity contribution in [1.29, 1.82) is 0 Å². The minimum atomic E-state index is -0.592. The van der Waals surface area contributed by atoms with Crippen LogP contribution in [-0.2, 0) is 9.59 Å². The lowest BCUT2D eigenvalue weighted by Crippen LogP contribution is -2.31. The number of halogens is 1. The number of nitrogens with one attached hydrogen (secondary N) is 2. The summed E-state index contributed by atoms with van der Waals surface area (Å²) in [5, 5.41) is 5.10. The Bertz CT molecular complexity index is 759. The predicted molar refractivity (Wildman–Crippen MR) is 92.9 cm³/mol. The van der Waals surface area contributed by atoms with E-state index in [0.29, 0.717) is 17.0 Å². The van der Waals surface area contributed by atoms with Crippen molar-refractivity contribution in [3.8, 4) is 5.75 Å². The zero-order valence-electron chi connectivity index (χ0n) is 12.8. The molecule has 24 heavy (non-hydrogen) atoms. The van der Waals surface area contributed by atoms with Gasteiger partial charge >= 0.3 is 5.97 Å². The van der Waals surface area contributed by atoms with E-state index < -0.39 is 5.97 Å². The van der Waals surface area contributed by atoms with Crippen molar-refractivity contribution < 1.29 is 19.1 Å². The average molecular weight is 391 g/mol. The van der Waals surface area contributed by atoms with E-state index in [9.17, 15) is 14.4 Å². The first-order valence-electron chi connectivity index (χ1n) is 7.06. The molecule has 7 heteroatoms. The SMILES string of the molecule is CC(=O)Nc1ccc(OC(=O)CNC(=O)c2cccc(Br)c2)cc1. The summed E-state index contributed by atoms with van der Waals surface area (Å²) in [6, 6.07) is 13.2. The minimum absolute atomic E-state index is 0.185. The summed E-state index contributed by atoms with van der Waals surface area (Å²) in [5.41, 5.74) is 1.04. The van der Waals surface area contributed by atoms with E-state index in [0.717, 1.165) is 4.47 Å². The second-order valence-electron chi connectivity index (χ2n) is 4.87. The molecule has 6 nitrogen and oxygen atoms in total. The summed E-state index contributed by atoms with van der Waals surface area (Å²) in [6.45, 7) is 1.15. The number of carbonyl (C=O) groups excluding carboxylic acids is 3. The number of carbonyl (C=O) groups is 3. The first-order chi connectivity index (χ1) is 11.4. The summed E-state index contributed by atoms with van der Waals surface area (Å²) in [6.07, 6.45) is 0. The van der Waals surface area contributed by atoms with Crippen LogP contribution in [-0.4, -0.2) is 24.3 Å². The third kappa shape index (κ3) is 5.51. The van der Waals surface area contributed by atoms with Gasteiger partial charge in [-0.2, -0.15) is 0 Å². The Hall–Kier alpha value is -2.67. The highest BCUT2D eigenvalue weighted by molar-refractivity contribution is 9.10. The quantitative estimate of drug-likeness (QED) is 0.607. The van der Waals surface area contributed by atoms with Gasteiger partial charge in [-0.1, -0.05) is 22.0 Å². The van der Waals surface area contributed by atoms with E-state index in [1.54, 1.807) is 48.5 Å². The van der Waals surface area contributed by atoms with Gasteiger partial charge in [-0.3, -0.25) is 9.59 Å². The number of hydrogen-bond acceptors (Lipinski definition) is 4. The molecular weight excluding hydrogens is 376 g/mol. The highest BCUT2D eigenvalue weighted by Crippen LogP contribution is 2.16. The van der Waals surface area contributed by atoms with Gasteiger partial charge in [0, 0.05) is 22.6 Å². The van der Waals surface area contributed by atoms with E-state index in [4.69, 9.17) is 4.74 Å². The van der Waals surface area contributed by atoms with Crippen LogP contribution in [0.2, 0.25) is 0 Å². The lowest BCUT2D eigenvalue weighted by atomic mass is 10.2. The van der Waals surface area contributed by atoms with Crippen LogP contribution >= 0.6 is 15.9 Å². The predicted octanol–water partition coefficient (Wildman–Crippen LogP) is 2.74. The highest BCUT2D eigenvalue weighted by Gasteiger charge is 2.10. The fraction of sp³-hybridized carbons (Fsp3) is 0.118. The van der Waals surface area contributed by atoms with Gasteiger partial charge in [0.05, 0.1) is 0 Å². The standard InChI is InChI=1S/C17H15BrN2O4/c1-11(21)20-14-5-7-15(8-6-14)24-16(22)10-19-17(23)12-3-2-4-13(18)9-12/h2-9H,10H2,1H3,(H,19,23)(H,20,21). The van der Waals surface area contributed by atoms with E-state index in [2.05, 4.69) is 26.6 Å². The molecule has 0 atom stereocenters. The molecule has 2 amide bonds. The zero-order chi connectivity index (χ0) is 17.5. The zero-order valence-corrected chi connectivity index (χ0v) is 14.4. The van der Waals surface area contributed by atoms with Gasteiger partial charge in [0.15, 0.2) is 0 Å². The molecule has 124 valence electrons. The molecule has 2 aromatic carbocycles. The fourth-order valence-electron chi connectivity index (χ4n) is 1.86. The summed E-state index contributed by atoms with van der Waals surface area (Å²) in [7, 11) is 0. The third-order valence-corrected chi connectivity index (χ3v) is 3.38. The third-order valence-electron chi connectivity index (χ3n) is 2.89. The molecule has 0 fully saturated rings. The molecule has 0 aliphatic carbocycles. The second-order valence-corrected chi connectivity index (χ2v) is 5.79. The van der Waals surface area contributed by atoms with Gasteiger partial charge in [-0.15, -0.1) is 0 Å². The van der Waals surface area contributed by atoms with Gasteiger partial charge in [-0.25, -0.2) is 4.79 Å². The van der Waals surface area contributed by atoms with Crippen molar-refractivity contribution >= 4 is 39.4 Å². The van der Waals surface area contributed by atoms with E-state index in [-0.39, 0.29) is 18.4 Å². The Kier molecular flexibility index (Phi) is 6.08. The molecule has 0 aromatic heterocycles. The molecule has 2 N–H and O–H groups in total. The number of rotatable bonds is 5. The van der Waals surface area contributed by atoms with Crippen molar-refractivity contribution in [2.24, 2.45) is 0 Å². The molecule has 0 aliphatic heterocycles. The normalized spacial score (nSPS) is 9.92. The number of amides is 2. The van der Waals surface area contributed by atoms with E-state index in [1.807, 2.05) is 0 Å². The maximum atomic E-state index is 11.9. The molecule has 0 unspecified atom stereocenters. The van der Waals surface area contributed by atoms with E-state index >= 15 is 0 Å². The summed E-state index contributed by atoms with van der Waals surface area (Å²) in [4.78, 5) is 34.6. The Morgan fingerprint density at radius 2 is 1.79 bits per heavy atom. The largest absolute Gasteiger partial charge is 0.425 e. The van der Waals surface area contributed by atoms with Crippen molar-refractivity contribution in [2.75, 3.05) is 11.9 Å². The molecule has 0 spiro atoms. The first kappa shape index (κ1) is 17.7. The Balaban J connectivity index is 1.84. The Morgan fingerprint density at radius 1 is 1.08 bits per heavy atom. The molecule has 0 saturated carbocycles. The molecule has 2 rings (SSSR count). The smallest absolute Gasteiger partial charge is 0.330 e. The number of hydrogen-bond donors (Lipinski definition) is 2.